The maximum atomic E-state index is 13.3. The van der Waals surface area contributed by atoms with Crippen molar-refractivity contribution >= 4 is 45.0 Å². The molecule has 0 spiro atoms. The van der Waals surface area contributed by atoms with Crippen molar-refractivity contribution in [1.29, 1.82) is 0 Å². The number of para-hydroxylation sites is 2. The number of carbonyl (C=O) groups is 2. The fourth-order valence-electron chi connectivity index (χ4n) is 4.03. The average molecular weight is 579 g/mol. The van der Waals surface area contributed by atoms with E-state index in [1.54, 1.807) is 38.1 Å². The van der Waals surface area contributed by atoms with Crippen molar-refractivity contribution in [2.45, 2.75) is 47.2 Å². The lowest BCUT2D eigenvalue weighted by molar-refractivity contribution is -0.149. The second-order valence-electron chi connectivity index (χ2n) is 9.20. The van der Waals surface area contributed by atoms with Gasteiger partial charge >= 0.3 is 12.1 Å². The molecule has 0 fully saturated rings. The number of carbonyl (C=O) groups excluding carboxylic acids is 2. The predicted octanol–water partition coefficient (Wildman–Crippen LogP) is 5.77. The molecule has 1 amide bonds. The summed E-state index contributed by atoms with van der Waals surface area (Å²) in [5.41, 5.74) is 0.0941. The first-order valence-electron chi connectivity index (χ1n) is 11.9. The molecule has 1 aliphatic heterocycles. The van der Waals surface area contributed by atoms with Crippen LogP contribution in [0.2, 0.25) is 0 Å². The van der Waals surface area contributed by atoms with E-state index in [1.807, 2.05) is 24.3 Å². The number of fused-ring (bicyclic) bond motifs is 2. The van der Waals surface area contributed by atoms with Gasteiger partial charge in [-0.2, -0.15) is 17.9 Å². The van der Waals surface area contributed by atoms with Crippen molar-refractivity contribution in [1.82, 2.24) is 4.72 Å². The Morgan fingerprint density at radius 1 is 0.949 bits per heavy atom. The zero-order valence-electron chi connectivity index (χ0n) is 20.9. The molecule has 0 bridgehead atoms. The number of anilines is 2. The van der Waals surface area contributed by atoms with Gasteiger partial charge in [0.25, 0.3) is 5.91 Å². The highest BCUT2D eigenvalue weighted by Crippen LogP contribution is 2.47. The van der Waals surface area contributed by atoms with Crippen LogP contribution in [-0.4, -0.2) is 32.9 Å². The number of hydrogen-bond acceptors (Lipinski definition) is 6. The lowest BCUT2D eigenvalue weighted by atomic mass is 10.1. The summed E-state index contributed by atoms with van der Waals surface area (Å²) < 4.78 is 72.6. The van der Waals surface area contributed by atoms with Gasteiger partial charge in [-0.25, -0.2) is 8.42 Å². The maximum Gasteiger partial charge on any atom is 0.416 e. The van der Waals surface area contributed by atoms with Crippen LogP contribution in [-0.2, 0) is 30.5 Å². The number of nitrogens with zero attached hydrogens (tertiary/aromatic N) is 1. The molecule has 1 N–H and O–H groups in total. The molecule has 0 saturated heterocycles. The molecule has 0 aliphatic carbocycles. The van der Waals surface area contributed by atoms with Crippen molar-refractivity contribution < 1.29 is 35.9 Å². The second-order valence-corrected chi connectivity index (χ2v) is 12.0. The lowest BCUT2D eigenvalue weighted by Gasteiger charge is -2.31. The van der Waals surface area contributed by atoms with Gasteiger partial charge in [0.1, 0.15) is 6.04 Å². The Kier molecular flexibility index (Phi) is 8.38. The van der Waals surface area contributed by atoms with Gasteiger partial charge in [0, 0.05) is 9.79 Å². The molecule has 4 rings (SSSR count). The van der Waals surface area contributed by atoms with E-state index in [1.165, 1.54) is 16.7 Å². The SMILES string of the molecule is CC(C)CC(NS(=O)(=O)c1cccc(C(F)(F)F)c1)C(=O)OCC(=O)N1c2ccccc2Sc2ccccc21. The quantitative estimate of drug-likeness (QED) is 0.341. The number of esters is 1. The summed E-state index contributed by atoms with van der Waals surface area (Å²) in [6.45, 7) is 2.80. The van der Waals surface area contributed by atoms with Crippen molar-refractivity contribution in [3.63, 3.8) is 0 Å². The van der Waals surface area contributed by atoms with Crippen molar-refractivity contribution in [3.8, 4) is 0 Å². The van der Waals surface area contributed by atoms with Crippen LogP contribution < -0.4 is 9.62 Å². The molecule has 206 valence electrons. The summed E-state index contributed by atoms with van der Waals surface area (Å²) >= 11 is 1.50. The molecular weight excluding hydrogens is 553 g/mol. The molecule has 1 heterocycles. The van der Waals surface area contributed by atoms with Gasteiger partial charge in [-0.1, -0.05) is 55.9 Å². The first kappa shape index (κ1) is 28.7. The van der Waals surface area contributed by atoms with E-state index in [9.17, 15) is 31.2 Å². The molecule has 0 radical (unpaired) electrons. The highest BCUT2D eigenvalue weighted by molar-refractivity contribution is 7.99. The molecule has 1 aliphatic rings. The number of sulfonamides is 1. The van der Waals surface area contributed by atoms with Crippen LogP contribution in [0, 0.1) is 5.92 Å². The van der Waals surface area contributed by atoms with Gasteiger partial charge in [-0.05, 0) is 54.8 Å². The van der Waals surface area contributed by atoms with E-state index in [2.05, 4.69) is 4.72 Å². The number of rotatable bonds is 8. The van der Waals surface area contributed by atoms with Crippen LogP contribution in [0.25, 0.3) is 0 Å². The summed E-state index contributed by atoms with van der Waals surface area (Å²) in [4.78, 5) is 28.8. The monoisotopic (exact) mass is 578 g/mol. The molecule has 1 atom stereocenters. The third-order valence-corrected chi connectivity index (χ3v) is 8.38. The van der Waals surface area contributed by atoms with E-state index >= 15 is 0 Å². The van der Waals surface area contributed by atoms with Crippen LogP contribution in [0.5, 0.6) is 0 Å². The first-order chi connectivity index (χ1) is 18.4. The van der Waals surface area contributed by atoms with Gasteiger partial charge in [-0.3, -0.25) is 14.5 Å². The third-order valence-electron chi connectivity index (χ3n) is 5.78. The molecule has 39 heavy (non-hydrogen) atoms. The molecule has 3 aromatic rings. The largest absolute Gasteiger partial charge is 0.454 e. The van der Waals surface area contributed by atoms with Crippen LogP contribution in [0.3, 0.4) is 0 Å². The first-order valence-corrected chi connectivity index (χ1v) is 14.2. The smallest absolute Gasteiger partial charge is 0.416 e. The van der Waals surface area contributed by atoms with Crippen molar-refractivity contribution in [2.24, 2.45) is 5.92 Å². The second kappa shape index (κ2) is 11.4. The Balaban J connectivity index is 1.52. The van der Waals surface area contributed by atoms with Crippen molar-refractivity contribution in [2.75, 3.05) is 11.5 Å². The molecule has 0 saturated carbocycles. The van der Waals surface area contributed by atoms with Gasteiger partial charge in [0.05, 0.1) is 21.8 Å². The standard InChI is InChI=1S/C27H25F3N2O5S2/c1-17(2)14-20(31-39(35,36)19-9-7-8-18(15-19)27(28,29)30)26(34)37-16-25(33)32-21-10-3-5-12-23(21)38-24-13-6-4-11-22(24)32/h3-13,15,17,20,31H,14,16H2,1-2H3. The minimum absolute atomic E-state index is 0.00274. The Morgan fingerprint density at radius 2 is 1.54 bits per heavy atom. The Morgan fingerprint density at radius 3 is 2.10 bits per heavy atom. The average Bonchev–Trinajstić information content (AvgIpc) is 2.89. The number of alkyl halides is 3. The number of ether oxygens (including phenoxy) is 1. The Labute approximate surface area is 228 Å². The van der Waals surface area contributed by atoms with Crippen LogP contribution >= 0.6 is 11.8 Å². The summed E-state index contributed by atoms with van der Waals surface area (Å²) in [6.07, 6.45) is -4.75. The molecule has 1 unspecified atom stereocenters. The maximum absolute atomic E-state index is 13.3. The van der Waals surface area contributed by atoms with E-state index in [0.29, 0.717) is 17.4 Å². The minimum atomic E-state index is -4.74. The van der Waals surface area contributed by atoms with E-state index in [4.69, 9.17) is 4.74 Å². The molecule has 0 aromatic heterocycles. The molecule has 7 nitrogen and oxygen atoms in total. The minimum Gasteiger partial charge on any atom is -0.454 e. The van der Waals surface area contributed by atoms with E-state index in [-0.39, 0.29) is 12.3 Å². The number of halogens is 3. The van der Waals surface area contributed by atoms with E-state index < -0.39 is 51.2 Å². The molecule has 3 aromatic carbocycles. The normalized spacial score (nSPS) is 13.9. The van der Waals surface area contributed by atoms with Gasteiger partial charge in [-0.15, -0.1) is 0 Å². The summed E-state index contributed by atoms with van der Waals surface area (Å²) in [6, 6.07) is 16.3. The summed E-state index contributed by atoms with van der Waals surface area (Å²) in [5, 5.41) is 0. The Bertz CT molecular complexity index is 1450. The van der Waals surface area contributed by atoms with Gasteiger partial charge in [0.15, 0.2) is 6.61 Å². The van der Waals surface area contributed by atoms with Crippen molar-refractivity contribution in [3.05, 3.63) is 78.4 Å². The highest BCUT2D eigenvalue weighted by Gasteiger charge is 2.34. The number of hydrogen-bond donors (Lipinski definition) is 1. The molecule has 12 heteroatoms. The van der Waals surface area contributed by atoms with Gasteiger partial charge < -0.3 is 4.74 Å². The van der Waals surface area contributed by atoms with Crippen LogP contribution in [0.1, 0.15) is 25.8 Å². The molecular formula is C27H25F3N2O5S2. The number of amides is 1. The topological polar surface area (TPSA) is 92.8 Å². The Hall–Kier alpha value is -3.35. The fraction of sp³-hybridized carbons (Fsp3) is 0.259. The van der Waals surface area contributed by atoms with Crippen LogP contribution in [0.15, 0.2) is 87.5 Å². The van der Waals surface area contributed by atoms with E-state index in [0.717, 1.165) is 28.0 Å². The lowest BCUT2D eigenvalue weighted by Crippen LogP contribution is -2.44. The predicted molar refractivity (Wildman–Crippen MR) is 140 cm³/mol. The fourth-order valence-corrected chi connectivity index (χ4v) is 6.33. The zero-order valence-corrected chi connectivity index (χ0v) is 22.6. The summed E-state index contributed by atoms with van der Waals surface area (Å²) in [5.74, 6) is -1.74. The number of nitrogens with one attached hydrogen (secondary N) is 1. The number of benzene rings is 3. The van der Waals surface area contributed by atoms with Crippen LogP contribution in [0.4, 0.5) is 24.5 Å². The summed E-state index contributed by atoms with van der Waals surface area (Å²) in [7, 11) is -4.52. The third kappa shape index (κ3) is 6.63. The highest BCUT2D eigenvalue weighted by atomic mass is 32.2. The zero-order chi connectivity index (χ0) is 28.4. The van der Waals surface area contributed by atoms with Gasteiger partial charge in [0.2, 0.25) is 10.0 Å².